The minimum Gasteiger partial charge on any atom is -0.395 e. The number of thioether (sulfide) groups is 1. The molecule has 1 aromatic heterocycles. The number of nitrogens with zero attached hydrogens (tertiary/aromatic N) is 3. The Morgan fingerprint density at radius 3 is 2.45 bits per heavy atom. The fourth-order valence-corrected chi connectivity index (χ4v) is 4.18. The van der Waals surface area contributed by atoms with E-state index < -0.39 is 0 Å². The normalized spacial score (nSPS) is 10.9. The molecule has 0 bridgehead atoms. The largest absolute Gasteiger partial charge is 0.395 e. The predicted octanol–water partition coefficient (Wildman–Crippen LogP) is 4.40. The maximum Gasteiger partial charge on any atom is 0.251 e. The van der Waals surface area contributed by atoms with Gasteiger partial charge in [0.25, 0.3) is 5.91 Å². The summed E-state index contributed by atoms with van der Waals surface area (Å²) < 4.78 is 16.5. The SMILES string of the molecule is Cc1ccc(-c2nnc(SCc3ccc(C(=O)NCCO)cc3)n2-c2ccccc2F)cc1. The number of amides is 1. The van der Waals surface area contributed by atoms with Crippen LogP contribution in [-0.4, -0.2) is 38.9 Å². The lowest BCUT2D eigenvalue weighted by Crippen LogP contribution is -2.26. The van der Waals surface area contributed by atoms with E-state index >= 15 is 0 Å². The van der Waals surface area contributed by atoms with Crippen molar-refractivity contribution < 1.29 is 14.3 Å². The standard InChI is InChI=1S/C25H23FN4O2S/c1-17-6-10-19(11-7-17)23-28-29-25(30(23)22-5-3-2-4-21(22)26)33-16-18-8-12-20(13-9-18)24(32)27-14-15-31/h2-13,31H,14-16H2,1H3,(H,27,32). The molecule has 0 aliphatic heterocycles. The average molecular weight is 463 g/mol. The van der Waals surface area contributed by atoms with Crippen molar-refractivity contribution in [3.63, 3.8) is 0 Å². The minimum atomic E-state index is -0.356. The summed E-state index contributed by atoms with van der Waals surface area (Å²) in [5, 5.41) is 20.7. The van der Waals surface area contributed by atoms with Gasteiger partial charge in [0.2, 0.25) is 0 Å². The van der Waals surface area contributed by atoms with Crippen LogP contribution in [0.5, 0.6) is 0 Å². The summed E-state index contributed by atoms with van der Waals surface area (Å²) in [5.74, 6) is 0.550. The van der Waals surface area contributed by atoms with Gasteiger partial charge in [-0.2, -0.15) is 0 Å². The smallest absolute Gasteiger partial charge is 0.251 e. The van der Waals surface area contributed by atoms with Crippen LogP contribution in [0.2, 0.25) is 0 Å². The third-order valence-electron chi connectivity index (χ3n) is 5.02. The molecule has 4 rings (SSSR count). The van der Waals surface area contributed by atoms with Gasteiger partial charge in [-0.25, -0.2) is 4.39 Å². The zero-order valence-electron chi connectivity index (χ0n) is 18.0. The van der Waals surface area contributed by atoms with E-state index in [0.717, 1.165) is 16.7 Å². The number of rotatable bonds is 8. The van der Waals surface area contributed by atoms with E-state index in [2.05, 4.69) is 15.5 Å². The molecule has 0 saturated carbocycles. The highest BCUT2D eigenvalue weighted by atomic mass is 32.2. The number of benzene rings is 3. The molecule has 0 aliphatic carbocycles. The molecule has 0 radical (unpaired) electrons. The van der Waals surface area contributed by atoms with Crippen LogP contribution in [-0.2, 0) is 5.75 Å². The quantitative estimate of drug-likeness (QED) is 0.380. The van der Waals surface area contributed by atoms with Crippen LogP contribution in [0.25, 0.3) is 17.1 Å². The molecule has 6 nitrogen and oxygen atoms in total. The van der Waals surface area contributed by atoms with Crippen LogP contribution in [0.15, 0.2) is 78.0 Å². The first-order chi connectivity index (χ1) is 16.1. The Bertz CT molecular complexity index is 1240. The summed E-state index contributed by atoms with van der Waals surface area (Å²) in [6.07, 6.45) is 0. The first-order valence-corrected chi connectivity index (χ1v) is 11.4. The molecule has 1 heterocycles. The van der Waals surface area contributed by atoms with Gasteiger partial charge in [0.15, 0.2) is 11.0 Å². The van der Waals surface area contributed by atoms with Crippen molar-refractivity contribution in [3.8, 4) is 17.1 Å². The van der Waals surface area contributed by atoms with E-state index in [1.54, 1.807) is 34.9 Å². The number of aliphatic hydroxyl groups excluding tert-OH is 1. The zero-order valence-corrected chi connectivity index (χ0v) is 18.8. The number of carbonyl (C=O) groups is 1. The van der Waals surface area contributed by atoms with Gasteiger partial charge in [0, 0.05) is 23.4 Å². The number of nitrogens with one attached hydrogen (secondary N) is 1. The molecule has 33 heavy (non-hydrogen) atoms. The molecule has 1 amide bonds. The van der Waals surface area contributed by atoms with E-state index in [1.807, 2.05) is 43.3 Å². The molecular weight excluding hydrogens is 439 g/mol. The lowest BCUT2D eigenvalue weighted by molar-refractivity contribution is 0.0945. The maximum absolute atomic E-state index is 14.7. The Morgan fingerprint density at radius 1 is 1.03 bits per heavy atom. The van der Waals surface area contributed by atoms with Crippen molar-refractivity contribution in [1.29, 1.82) is 0 Å². The lowest BCUT2D eigenvalue weighted by atomic mass is 10.1. The second kappa shape index (κ2) is 10.4. The summed E-state index contributed by atoms with van der Waals surface area (Å²) >= 11 is 1.44. The number of halogens is 1. The van der Waals surface area contributed by atoms with Crippen molar-refractivity contribution >= 4 is 17.7 Å². The van der Waals surface area contributed by atoms with E-state index in [9.17, 15) is 9.18 Å². The van der Waals surface area contributed by atoms with Crippen molar-refractivity contribution in [2.45, 2.75) is 17.8 Å². The number of aromatic nitrogens is 3. The minimum absolute atomic E-state index is 0.103. The summed E-state index contributed by atoms with van der Waals surface area (Å²) in [4.78, 5) is 12.0. The van der Waals surface area contributed by atoms with Crippen LogP contribution in [0.3, 0.4) is 0 Å². The number of hydrogen-bond acceptors (Lipinski definition) is 5. The van der Waals surface area contributed by atoms with Gasteiger partial charge in [0.05, 0.1) is 12.3 Å². The van der Waals surface area contributed by atoms with Crippen molar-refractivity contribution in [2.75, 3.05) is 13.2 Å². The molecular formula is C25H23FN4O2S. The maximum atomic E-state index is 14.7. The fourth-order valence-electron chi connectivity index (χ4n) is 3.27. The Balaban J connectivity index is 1.60. The van der Waals surface area contributed by atoms with Crippen LogP contribution in [0, 0.1) is 12.7 Å². The summed E-state index contributed by atoms with van der Waals surface area (Å²) in [7, 11) is 0. The molecule has 3 aromatic carbocycles. The molecule has 0 saturated heterocycles. The third kappa shape index (κ3) is 5.30. The summed E-state index contributed by atoms with van der Waals surface area (Å²) in [5.41, 5.74) is 3.86. The summed E-state index contributed by atoms with van der Waals surface area (Å²) in [6, 6.07) is 21.6. The fraction of sp³-hybridized carbons (Fsp3) is 0.160. The van der Waals surface area contributed by atoms with Gasteiger partial charge in [-0.3, -0.25) is 9.36 Å². The molecule has 0 spiro atoms. The second-order valence-electron chi connectivity index (χ2n) is 7.42. The topological polar surface area (TPSA) is 80.0 Å². The first kappa shape index (κ1) is 22.7. The van der Waals surface area contributed by atoms with Gasteiger partial charge in [-0.05, 0) is 36.8 Å². The number of carbonyl (C=O) groups excluding carboxylic acids is 1. The number of aryl methyl sites for hydroxylation is 1. The highest BCUT2D eigenvalue weighted by Crippen LogP contribution is 2.31. The Morgan fingerprint density at radius 2 is 1.76 bits per heavy atom. The molecule has 4 aromatic rings. The van der Waals surface area contributed by atoms with E-state index in [0.29, 0.717) is 28.0 Å². The second-order valence-corrected chi connectivity index (χ2v) is 8.37. The van der Waals surface area contributed by atoms with Crippen LogP contribution < -0.4 is 5.32 Å². The lowest BCUT2D eigenvalue weighted by Gasteiger charge is -2.11. The molecule has 168 valence electrons. The number of aliphatic hydroxyl groups is 1. The van der Waals surface area contributed by atoms with Crippen LogP contribution in [0.4, 0.5) is 4.39 Å². The summed E-state index contributed by atoms with van der Waals surface area (Å²) in [6.45, 7) is 2.12. The Labute approximate surface area is 195 Å². The van der Waals surface area contributed by atoms with E-state index in [4.69, 9.17) is 5.11 Å². The molecule has 2 N–H and O–H groups in total. The van der Waals surface area contributed by atoms with Crippen LogP contribution in [0.1, 0.15) is 21.5 Å². The Kier molecular flexibility index (Phi) is 7.16. The van der Waals surface area contributed by atoms with Gasteiger partial charge < -0.3 is 10.4 Å². The first-order valence-electron chi connectivity index (χ1n) is 10.4. The highest BCUT2D eigenvalue weighted by molar-refractivity contribution is 7.98. The van der Waals surface area contributed by atoms with Crippen molar-refractivity contribution in [3.05, 3.63) is 95.3 Å². The van der Waals surface area contributed by atoms with Crippen molar-refractivity contribution in [2.24, 2.45) is 0 Å². The van der Waals surface area contributed by atoms with Gasteiger partial charge in [-0.15, -0.1) is 10.2 Å². The van der Waals surface area contributed by atoms with Gasteiger partial charge in [0.1, 0.15) is 5.82 Å². The van der Waals surface area contributed by atoms with Crippen molar-refractivity contribution in [1.82, 2.24) is 20.1 Å². The van der Waals surface area contributed by atoms with Crippen LogP contribution >= 0.6 is 11.8 Å². The van der Waals surface area contributed by atoms with Gasteiger partial charge >= 0.3 is 0 Å². The molecule has 0 unspecified atom stereocenters. The molecule has 0 aliphatic rings. The van der Waals surface area contributed by atoms with E-state index in [1.165, 1.54) is 17.8 Å². The molecule has 0 atom stereocenters. The average Bonchev–Trinajstić information content (AvgIpc) is 3.26. The number of hydrogen-bond donors (Lipinski definition) is 2. The highest BCUT2D eigenvalue weighted by Gasteiger charge is 2.18. The monoisotopic (exact) mass is 462 g/mol. The zero-order chi connectivity index (χ0) is 23.2. The predicted molar refractivity (Wildman–Crippen MR) is 127 cm³/mol. The van der Waals surface area contributed by atoms with Gasteiger partial charge in [-0.1, -0.05) is 65.9 Å². The number of para-hydroxylation sites is 1. The Hall–Kier alpha value is -3.49. The third-order valence-corrected chi connectivity index (χ3v) is 6.02. The van der Waals surface area contributed by atoms with E-state index in [-0.39, 0.29) is 24.9 Å². The molecule has 0 fully saturated rings. The molecule has 8 heteroatoms.